The topological polar surface area (TPSA) is 96.7 Å². The van der Waals surface area contributed by atoms with Gasteiger partial charge in [0.05, 0.1) is 23.1 Å². The number of fused-ring (bicyclic) bond motifs is 1. The molecule has 0 saturated carbocycles. The van der Waals surface area contributed by atoms with Crippen LogP contribution in [0.5, 0.6) is 0 Å². The van der Waals surface area contributed by atoms with E-state index in [0.29, 0.717) is 21.6 Å². The van der Waals surface area contributed by atoms with Crippen LogP contribution >= 0.6 is 23.1 Å². The van der Waals surface area contributed by atoms with Gasteiger partial charge in [0.15, 0.2) is 11.0 Å². The quantitative estimate of drug-likeness (QED) is 0.501. The van der Waals surface area contributed by atoms with Gasteiger partial charge in [0.1, 0.15) is 16.8 Å². The fourth-order valence-corrected chi connectivity index (χ4v) is 6.03. The zero-order chi connectivity index (χ0) is 22.0. The van der Waals surface area contributed by atoms with Crippen molar-refractivity contribution in [1.82, 2.24) is 14.8 Å². The third-order valence-corrected chi connectivity index (χ3v) is 7.61. The van der Waals surface area contributed by atoms with Gasteiger partial charge in [0.25, 0.3) is 0 Å². The van der Waals surface area contributed by atoms with Crippen molar-refractivity contribution in [3.8, 4) is 17.5 Å². The summed E-state index contributed by atoms with van der Waals surface area (Å²) in [5, 5.41) is 22.6. The largest absolute Gasteiger partial charge is 0.469 e. The number of hydrogen-bond donors (Lipinski definition) is 1. The van der Waals surface area contributed by atoms with Crippen LogP contribution < -0.4 is 5.32 Å². The molecule has 3 aromatic heterocycles. The molecule has 0 saturated heterocycles. The van der Waals surface area contributed by atoms with Gasteiger partial charge in [-0.05, 0) is 50.2 Å². The van der Waals surface area contributed by atoms with Crippen LogP contribution in [0.15, 0.2) is 21.9 Å². The van der Waals surface area contributed by atoms with Crippen LogP contribution in [-0.4, -0.2) is 26.4 Å². The van der Waals surface area contributed by atoms with E-state index in [1.165, 1.54) is 16.6 Å². The predicted octanol–water partition coefficient (Wildman–Crippen LogP) is 5.05. The number of aromatic nitrogens is 3. The second-order valence-electron chi connectivity index (χ2n) is 7.85. The Labute approximate surface area is 189 Å². The number of amides is 1. The van der Waals surface area contributed by atoms with Gasteiger partial charge < -0.3 is 14.3 Å². The van der Waals surface area contributed by atoms with Crippen LogP contribution in [0.25, 0.3) is 11.4 Å². The number of carbonyl (C=O) groups is 1. The van der Waals surface area contributed by atoms with Crippen LogP contribution in [0, 0.1) is 24.2 Å². The highest BCUT2D eigenvalue weighted by Crippen LogP contribution is 2.39. The third-order valence-electron chi connectivity index (χ3n) is 5.47. The van der Waals surface area contributed by atoms with Gasteiger partial charge in [0.2, 0.25) is 5.91 Å². The Kier molecular flexibility index (Phi) is 6.49. The fourth-order valence-electron chi connectivity index (χ4n) is 3.89. The van der Waals surface area contributed by atoms with E-state index in [1.54, 1.807) is 17.6 Å². The van der Waals surface area contributed by atoms with E-state index >= 15 is 0 Å². The lowest BCUT2D eigenvalue weighted by Crippen LogP contribution is -2.15. The summed E-state index contributed by atoms with van der Waals surface area (Å²) in [6.07, 6.45) is 5.55. The van der Waals surface area contributed by atoms with Crippen molar-refractivity contribution in [3.63, 3.8) is 0 Å². The number of thioether (sulfide) groups is 1. The second kappa shape index (κ2) is 9.28. The Balaban J connectivity index is 1.47. The van der Waals surface area contributed by atoms with E-state index in [2.05, 4.69) is 35.4 Å². The molecule has 0 aromatic carbocycles. The van der Waals surface area contributed by atoms with E-state index in [9.17, 15) is 10.1 Å². The number of aryl methyl sites for hydroxylation is 1. The maximum atomic E-state index is 12.7. The minimum Gasteiger partial charge on any atom is -0.469 e. The number of rotatable bonds is 7. The molecule has 1 amide bonds. The Bertz CT molecular complexity index is 1140. The number of anilines is 1. The summed E-state index contributed by atoms with van der Waals surface area (Å²) in [6, 6.07) is 4.19. The molecule has 0 fully saturated rings. The molecule has 31 heavy (non-hydrogen) atoms. The van der Waals surface area contributed by atoms with Crippen molar-refractivity contribution in [1.29, 1.82) is 5.26 Å². The fraction of sp³-hybridized carbons (Fsp3) is 0.455. The lowest BCUT2D eigenvalue weighted by molar-refractivity contribution is -0.113. The first-order valence-electron chi connectivity index (χ1n) is 10.5. The second-order valence-corrected chi connectivity index (χ2v) is 9.90. The molecule has 9 heteroatoms. The highest BCUT2D eigenvalue weighted by molar-refractivity contribution is 7.99. The van der Waals surface area contributed by atoms with E-state index in [-0.39, 0.29) is 11.7 Å². The van der Waals surface area contributed by atoms with Gasteiger partial charge in [-0.25, -0.2) is 0 Å². The Morgan fingerprint density at radius 3 is 3.03 bits per heavy atom. The number of hydrogen-bond acceptors (Lipinski definition) is 7. The molecule has 1 aliphatic rings. The van der Waals surface area contributed by atoms with E-state index in [4.69, 9.17) is 4.42 Å². The van der Waals surface area contributed by atoms with E-state index < -0.39 is 0 Å². The first kappa shape index (κ1) is 21.7. The molecular weight excluding hydrogens is 430 g/mol. The first-order valence-corrected chi connectivity index (χ1v) is 12.3. The number of nitriles is 1. The number of nitrogens with zero attached hydrogens (tertiary/aromatic N) is 4. The van der Waals surface area contributed by atoms with Crippen molar-refractivity contribution in [2.75, 3.05) is 11.1 Å². The maximum Gasteiger partial charge on any atom is 0.235 e. The highest BCUT2D eigenvalue weighted by Gasteiger charge is 2.25. The zero-order valence-electron chi connectivity index (χ0n) is 17.9. The number of nitrogens with one attached hydrogen (secondary N) is 1. The molecule has 162 valence electrons. The Morgan fingerprint density at radius 1 is 1.48 bits per heavy atom. The number of thiophene rings is 1. The summed E-state index contributed by atoms with van der Waals surface area (Å²) in [7, 11) is 0. The number of carbonyl (C=O) groups excluding carboxylic acids is 1. The monoisotopic (exact) mass is 455 g/mol. The summed E-state index contributed by atoms with van der Waals surface area (Å²) in [4.78, 5) is 13.9. The van der Waals surface area contributed by atoms with Crippen LogP contribution in [0.4, 0.5) is 5.00 Å². The first-order chi connectivity index (χ1) is 15.0. The maximum absolute atomic E-state index is 12.7. The van der Waals surface area contributed by atoms with Crippen LogP contribution in [0.3, 0.4) is 0 Å². The molecule has 0 radical (unpaired) electrons. The highest BCUT2D eigenvalue weighted by atomic mass is 32.2. The van der Waals surface area contributed by atoms with Crippen molar-refractivity contribution in [2.24, 2.45) is 5.92 Å². The van der Waals surface area contributed by atoms with Crippen LogP contribution in [0.1, 0.15) is 48.5 Å². The average molecular weight is 456 g/mol. The molecule has 1 unspecified atom stereocenters. The van der Waals surface area contributed by atoms with E-state index in [1.807, 2.05) is 17.6 Å². The Hall–Kier alpha value is -2.57. The molecular formula is C22H25N5O2S2. The minimum atomic E-state index is -0.139. The Morgan fingerprint density at radius 2 is 2.32 bits per heavy atom. The smallest absolute Gasteiger partial charge is 0.235 e. The summed E-state index contributed by atoms with van der Waals surface area (Å²) in [5.74, 6) is 2.23. The minimum absolute atomic E-state index is 0.139. The zero-order valence-corrected chi connectivity index (χ0v) is 19.5. The molecule has 4 rings (SSSR count). The molecule has 1 atom stereocenters. The lowest BCUT2D eigenvalue weighted by atomic mass is 9.89. The summed E-state index contributed by atoms with van der Waals surface area (Å²) < 4.78 is 7.44. The SMILES string of the molecule is CCCn1c(SCC(=O)Nc2sc3c(c2C#N)CCC(C)C3)nnc1-c1ccoc1C. The summed E-state index contributed by atoms with van der Waals surface area (Å²) in [6.45, 7) is 6.98. The van der Waals surface area contributed by atoms with Gasteiger partial charge in [-0.1, -0.05) is 25.6 Å². The van der Waals surface area contributed by atoms with Crippen molar-refractivity contribution < 1.29 is 9.21 Å². The lowest BCUT2D eigenvalue weighted by Gasteiger charge is -2.17. The molecule has 1 aliphatic carbocycles. The van der Waals surface area contributed by atoms with Gasteiger partial charge in [-0.3, -0.25) is 4.79 Å². The van der Waals surface area contributed by atoms with Crippen molar-refractivity contribution in [3.05, 3.63) is 34.1 Å². The van der Waals surface area contributed by atoms with Gasteiger partial charge >= 0.3 is 0 Å². The molecule has 3 heterocycles. The molecule has 0 aliphatic heterocycles. The standard InChI is InChI=1S/C22H25N5O2S2/c1-4-8-27-20(15-7-9-29-14(15)3)25-26-22(27)30-12-19(28)24-21-17(11-23)16-6-5-13(2)10-18(16)31-21/h7,9,13H,4-6,8,10,12H2,1-3H3,(H,24,28). The van der Waals surface area contributed by atoms with Crippen LogP contribution in [0.2, 0.25) is 0 Å². The van der Waals surface area contributed by atoms with Gasteiger partial charge in [0, 0.05) is 11.4 Å². The van der Waals surface area contributed by atoms with Gasteiger partial charge in [-0.15, -0.1) is 21.5 Å². The van der Waals surface area contributed by atoms with E-state index in [0.717, 1.165) is 54.9 Å². The molecule has 3 aromatic rings. The van der Waals surface area contributed by atoms with Crippen LogP contribution in [-0.2, 0) is 24.2 Å². The van der Waals surface area contributed by atoms with Gasteiger partial charge in [-0.2, -0.15) is 5.26 Å². The molecule has 7 nitrogen and oxygen atoms in total. The normalized spacial score (nSPS) is 15.5. The predicted molar refractivity (Wildman–Crippen MR) is 122 cm³/mol. The molecule has 0 bridgehead atoms. The summed E-state index contributed by atoms with van der Waals surface area (Å²) >= 11 is 2.90. The molecule has 0 spiro atoms. The third kappa shape index (κ3) is 4.41. The molecule has 1 N–H and O–H groups in total. The number of furan rings is 1. The van der Waals surface area contributed by atoms with Crippen molar-refractivity contribution >= 4 is 34.0 Å². The summed E-state index contributed by atoms with van der Waals surface area (Å²) in [5.41, 5.74) is 2.67. The van der Waals surface area contributed by atoms with Crippen molar-refractivity contribution in [2.45, 2.75) is 58.2 Å². The average Bonchev–Trinajstić information content (AvgIpc) is 3.43.